The molecule has 0 aliphatic carbocycles. The Hall–Kier alpha value is -3.66. The predicted octanol–water partition coefficient (Wildman–Crippen LogP) is 2.62. The summed E-state index contributed by atoms with van der Waals surface area (Å²) in [5, 5.41) is 0. The minimum atomic E-state index is -3.71. The molecule has 1 heterocycles. The lowest BCUT2D eigenvalue weighted by molar-refractivity contribution is -0.128. The Morgan fingerprint density at radius 2 is 1.71 bits per heavy atom. The van der Waals surface area contributed by atoms with E-state index in [0.29, 0.717) is 0 Å². The number of carbonyl (C=O) groups excluding carboxylic acids is 2. The third-order valence-corrected chi connectivity index (χ3v) is 5.89. The fraction of sp³-hybridized carbons (Fsp3) is 0.143. The molecule has 0 saturated carbocycles. The van der Waals surface area contributed by atoms with Gasteiger partial charge in [0.2, 0.25) is 0 Å². The Labute approximate surface area is 177 Å². The molecule has 31 heavy (non-hydrogen) atoms. The summed E-state index contributed by atoms with van der Waals surface area (Å²) in [6, 6.07) is 14.7. The molecule has 1 atom stereocenters. The van der Waals surface area contributed by atoms with Crippen LogP contribution in [0, 0.1) is 5.82 Å². The van der Waals surface area contributed by atoms with Crippen molar-refractivity contribution in [3.63, 3.8) is 0 Å². The first-order chi connectivity index (χ1) is 14.8. The zero-order valence-electron chi connectivity index (χ0n) is 16.4. The van der Waals surface area contributed by atoms with Gasteiger partial charge >= 0.3 is 5.91 Å². The van der Waals surface area contributed by atoms with Crippen molar-refractivity contribution in [1.29, 1.82) is 0 Å². The standard InChI is InChI=1S/C21H19FN2O6S/c1-14(30-18-10-6-5-9-17(18)22)20(25)23-24-21(26)19-15(11-12-29-19)13-31(27,28)16-7-3-2-4-8-16/h2-12,14H,13H2,1H3,(H,23,25)(H,24,26)/t14-/m1/s1. The van der Waals surface area contributed by atoms with Crippen LogP contribution in [0.3, 0.4) is 0 Å². The molecule has 162 valence electrons. The second-order valence-electron chi connectivity index (χ2n) is 6.48. The van der Waals surface area contributed by atoms with E-state index in [4.69, 9.17) is 9.15 Å². The highest BCUT2D eigenvalue weighted by Gasteiger charge is 2.23. The van der Waals surface area contributed by atoms with Crippen LogP contribution in [0.1, 0.15) is 23.0 Å². The van der Waals surface area contributed by atoms with E-state index >= 15 is 0 Å². The van der Waals surface area contributed by atoms with Gasteiger partial charge in [0.25, 0.3) is 5.91 Å². The molecule has 2 aromatic carbocycles. The van der Waals surface area contributed by atoms with E-state index in [9.17, 15) is 22.4 Å². The SMILES string of the molecule is C[C@@H](Oc1ccccc1F)C(=O)NNC(=O)c1occc1CS(=O)(=O)c1ccccc1. The second-order valence-corrected chi connectivity index (χ2v) is 8.47. The van der Waals surface area contributed by atoms with Crippen LogP contribution in [-0.2, 0) is 20.4 Å². The number of para-hydroxylation sites is 1. The van der Waals surface area contributed by atoms with Crippen molar-refractivity contribution in [2.45, 2.75) is 23.7 Å². The maximum atomic E-state index is 13.6. The molecular weight excluding hydrogens is 427 g/mol. The van der Waals surface area contributed by atoms with Gasteiger partial charge in [0.1, 0.15) is 0 Å². The van der Waals surface area contributed by atoms with Crippen molar-refractivity contribution in [3.8, 4) is 5.75 Å². The molecule has 3 rings (SSSR count). The number of hydrogen-bond donors (Lipinski definition) is 2. The van der Waals surface area contributed by atoms with Crippen LogP contribution in [0.25, 0.3) is 0 Å². The molecule has 0 radical (unpaired) electrons. The van der Waals surface area contributed by atoms with Crippen molar-refractivity contribution in [2.75, 3.05) is 0 Å². The Kier molecular flexibility index (Phi) is 6.71. The van der Waals surface area contributed by atoms with Gasteiger partial charge in [0, 0.05) is 5.56 Å². The van der Waals surface area contributed by atoms with Crippen LogP contribution < -0.4 is 15.6 Å². The Morgan fingerprint density at radius 3 is 2.42 bits per heavy atom. The van der Waals surface area contributed by atoms with E-state index in [-0.39, 0.29) is 22.0 Å². The summed E-state index contributed by atoms with van der Waals surface area (Å²) < 4.78 is 49.0. The number of amides is 2. The van der Waals surface area contributed by atoms with E-state index in [2.05, 4.69) is 10.9 Å². The summed E-state index contributed by atoms with van der Waals surface area (Å²) in [5.41, 5.74) is 4.40. The van der Waals surface area contributed by atoms with Crippen LogP contribution in [0.15, 0.2) is 76.2 Å². The molecule has 0 spiro atoms. The number of hydrogen-bond acceptors (Lipinski definition) is 6. The van der Waals surface area contributed by atoms with Gasteiger partial charge in [-0.05, 0) is 37.3 Å². The molecule has 1 aromatic heterocycles. The molecule has 0 fully saturated rings. The highest BCUT2D eigenvalue weighted by Crippen LogP contribution is 2.20. The van der Waals surface area contributed by atoms with Gasteiger partial charge in [-0.2, -0.15) is 0 Å². The molecule has 2 amide bonds. The number of furan rings is 1. The molecule has 2 N–H and O–H groups in total. The fourth-order valence-electron chi connectivity index (χ4n) is 2.63. The average Bonchev–Trinajstić information content (AvgIpc) is 3.21. The molecule has 0 saturated heterocycles. The predicted molar refractivity (Wildman–Crippen MR) is 108 cm³/mol. The molecule has 10 heteroatoms. The molecule has 8 nitrogen and oxygen atoms in total. The van der Waals surface area contributed by atoms with E-state index in [1.807, 2.05) is 0 Å². The summed E-state index contributed by atoms with van der Waals surface area (Å²) in [6.07, 6.45) is 0.0583. The topological polar surface area (TPSA) is 115 Å². The lowest BCUT2D eigenvalue weighted by Crippen LogP contribution is -2.47. The van der Waals surface area contributed by atoms with Crippen LogP contribution >= 0.6 is 0 Å². The average molecular weight is 446 g/mol. The first-order valence-corrected chi connectivity index (χ1v) is 10.8. The van der Waals surface area contributed by atoms with Crippen LogP contribution in [0.2, 0.25) is 0 Å². The Balaban J connectivity index is 1.61. The highest BCUT2D eigenvalue weighted by molar-refractivity contribution is 7.90. The Bertz CT molecular complexity index is 1180. The first-order valence-electron chi connectivity index (χ1n) is 9.13. The minimum absolute atomic E-state index is 0.106. The molecular formula is C21H19FN2O6S. The molecule has 3 aromatic rings. The quantitative estimate of drug-likeness (QED) is 0.539. The van der Waals surface area contributed by atoms with E-state index in [1.54, 1.807) is 24.3 Å². The number of halogens is 1. The summed E-state index contributed by atoms with van der Waals surface area (Å²) in [6.45, 7) is 1.37. The maximum Gasteiger partial charge on any atom is 0.305 e. The van der Waals surface area contributed by atoms with Gasteiger partial charge < -0.3 is 9.15 Å². The second kappa shape index (κ2) is 9.43. The highest BCUT2D eigenvalue weighted by atomic mass is 32.2. The van der Waals surface area contributed by atoms with Crippen LogP contribution in [0.5, 0.6) is 5.75 Å². The van der Waals surface area contributed by atoms with Gasteiger partial charge in [-0.15, -0.1) is 0 Å². The normalized spacial score (nSPS) is 12.1. The fourth-order valence-corrected chi connectivity index (χ4v) is 4.00. The number of carbonyl (C=O) groups is 2. The number of rotatable bonds is 7. The third-order valence-electron chi connectivity index (χ3n) is 4.21. The van der Waals surface area contributed by atoms with Crippen molar-refractivity contribution in [3.05, 3.63) is 84.1 Å². The van der Waals surface area contributed by atoms with Crippen LogP contribution in [0.4, 0.5) is 4.39 Å². The lowest BCUT2D eigenvalue weighted by atomic mass is 10.3. The zero-order chi connectivity index (χ0) is 22.4. The largest absolute Gasteiger partial charge is 0.478 e. The summed E-state index contributed by atoms with van der Waals surface area (Å²) >= 11 is 0. The van der Waals surface area contributed by atoms with Gasteiger partial charge in [-0.25, -0.2) is 12.8 Å². The molecule has 0 aliphatic rings. The van der Waals surface area contributed by atoms with Gasteiger partial charge in [-0.1, -0.05) is 30.3 Å². The van der Waals surface area contributed by atoms with E-state index in [0.717, 1.165) is 0 Å². The van der Waals surface area contributed by atoms with Crippen molar-refractivity contribution >= 4 is 21.7 Å². The number of nitrogens with one attached hydrogen (secondary N) is 2. The number of ether oxygens (including phenoxy) is 1. The first kappa shape index (κ1) is 22.0. The summed E-state index contributed by atoms with van der Waals surface area (Å²) in [7, 11) is -3.71. The number of sulfone groups is 1. The smallest absolute Gasteiger partial charge is 0.305 e. The minimum Gasteiger partial charge on any atom is -0.478 e. The zero-order valence-corrected chi connectivity index (χ0v) is 17.2. The van der Waals surface area contributed by atoms with Gasteiger partial charge in [-0.3, -0.25) is 20.4 Å². The maximum absolute atomic E-state index is 13.6. The summed E-state index contributed by atoms with van der Waals surface area (Å²) in [4.78, 5) is 24.6. The Morgan fingerprint density at radius 1 is 1.03 bits per heavy atom. The number of hydrazine groups is 1. The molecule has 0 aliphatic heterocycles. The third kappa shape index (κ3) is 5.48. The molecule has 0 bridgehead atoms. The van der Waals surface area contributed by atoms with Crippen molar-refractivity contribution in [1.82, 2.24) is 10.9 Å². The molecule has 0 unspecified atom stereocenters. The van der Waals surface area contributed by atoms with Crippen molar-refractivity contribution in [2.24, 2.45) is 0 Å². The monoisotopic (exact) mass is 446 g/mol. The lowest BCUT2D eigenvalue weighted by Gasteiger charge is -2.15. The van der Waals surface area contributed by atoms with E-state index < -0.39 is 39.3 Å². The van der Waals surface area contributed by atoms with Gasteiger partial charge in [0.15, 0.2) is 33.3 Å². The van der Waals surface area contributed by atoms with Crippen LogP contribution in [-0.4, -0.2) is 26.3 Å². The summed E-state index contributed by atoms with van der Waals surface area (Å²) in [5.74, 6) is -3.07. The number of benzene rings is 2. The van der Waals surface area contributed by atoms with Crippen molar-refractivity contribution < 1.29 is 31.6 Å². The van der Waals surface area contributed by atoms with Gasteiger partial charge in [0.05, 0.1) is 16.9 Å². The van der Waals surface area contributed by atoms with E-state index in [1.165, 1.54) is 49.6 Å².